The van der Waals surface area contributed by atoms with E-state index in [4.69, 9.17) is 5.11 Å². The summed E-state index contributed by atoms with van der Waals surface area (Å²) in [6.45, 7) is 0.858. The SMILES string of the molecule is O=C(O)CCCNC1CCCCCC1.[H-].[Na+]. The predicted molar refractivity (Wildman–Crippen MR) is 57.5 cm³/mol. The number of rotatable bonds is 5. The third-order valence-corrected chi connectivity index (χ3v) is 2.86. The number of hydrogen-bond acceptors (Lipinski definition) is 2. The summed E-state index contributed by atoms with van der Waals surface area (Å²) in [5.74, 6) is -0.687. The van der Waals surface area contributed by atoms with Crippen LogP contribution in [-0.2, 0) is 4.79 Å². The Morgan fingerprint density at radius 1 is 1.27 bits per heavy atom. The zero-order valence-corrected chi connectivity index (χ0v) is 11.8. The fourth-order valence-corrected chi connectivity index (χ4v) is 2.03. The van der Waals surface area contributed by atoms with Gasteiger partial charge in [0.1, 0.15) is 0 Å². The van der Waals surface area contributed by atoms with Gasteiger partial charge in [0.25, 0.3) is 0 Å². The maximum atomic E-state index is 10.3. The minimum atomic E-state index is -0.687. The van der Waals surface area contributed by atoms with Gasteiger partial charge >= 0.3 is 35.5 Å². The predicted octanol–water partition coefficient (Wildman–Crippen LogP) is -0.720. The van der Waals surface area contributed by atoms with Crippen molar-refractivity contribution in [2.24, 2.45) is 0 Å². The van der Waals surface area contributed by atoms with E-state index in [0.717, 1.165) is 13.0 Å². The van der Waals surface area contributed by atoms with Crippen LogP contribution in [0.15, 0.2) is 0 Å². The van der Waals surface area contributed by atoms with Crippen molar-refractivity contribution >= 4 is 5.97 Å². The van der Waals surface area contributed by atoms with Gasteiger partial charge in [0.15, 0.2) is 0 Å². The number of carboxylic acid groups (broad SMARTS) is 1. The molecule has 0 amide bonds. The monoisotopic (exact) mass is 223 g/mol. The molecule has 0 aromatic carbocycles. The van der Waals surface area contributed by atoms with Gasteiger partial charge in [-0.1, -0.05) is 25.7 Å². The van der Waals surface area contributed by atoms with Gasteiger partial charge < -0.3 is 11.8 Å². The third-order valence-electron chi connectivity index (χ3n) is 2.86. The Hall–Kier alpha value is 0.430. The van der Waals surface area contributed by atoms with Crippen LogP contribution in [-0.4, -0.2) is 23.7 Å². The van der Waals surface area contributed by atoms with E-state index >= 15 is 0 Å². The van der Waals surface area contributed by atoms with E-state index in [1.54, 1.807) is 0 Å². The molecule has 0 saturated heterocycles. The average molecular weight is 223 g/mol. The normalized spacial score (nSPS) is 17.9. The molecule has 2 N–H and O–H groups in total. The molecule has 0 atom stereocenters. The van der Waals surface area contributed by atoms with Gasteiger partial charge in [0.05, 0.1) is 0 Å². The molecule has 1 fully saturated rings. The first-order chi connectivity index (χ1) is 6.79. The molecule has 84 valence electrons. The van der Waals surface area contributed by atoms with Crippen LogP contribution in [0.4, 0.5) is 0 Å². The number of aliphatic carboxylic acids is 1. The summed E-state index contributed by atoms with van der Waals surface area (Å²) in [6, 6.07) is 0.645. The van der Waals surface area contributed by atoms with Gasteiger partial charge in [0, 0.05) is 12.5 Å². The number of hydrogen-bond donors (Lipinski definition) is 2. The second-order valence-corrected chi connectivity index (χ2v) is 4.14. The number of nitrogens with one attached hydrogen (secondary N) is 1. The summed E-state index contributed by atoms with van der Waals surface area (Å²) in [6.07, 6.45) is 8.99. The van der Waals surface area contributed by atoms with Crippen molar-refractivity contribution in [3.8, 4) is 0 Å². The molecule has 1 saturated carbocycles. The van der Waals surface area contributed by atoms with Gasteiger partial charge in [-0.3, -0.25) is 4.79 Å². The van der Waals surface area contributed by atoms with Crippen LogP contribution in [0, 0.1) is 0 Å². The molecular weight excluding hydrogens is 201 g/mol. The maximum Gasteiger partial charge on any atom is 1.00 e. The molecule has 1 aliphatic rings. The van der Waals surface area contributed by atoms with E-state index in [0.29, 0.717) is 12.5 Å². The van der Waals surface area contributed by atoms with Crippen molar-refractivity contribution in [2.45, 2.75) is 57.4 Å². The largest absolute Gasteiger partial charge is 1.00 e. The summed E-state index contributed by atoms with van der Waals surface area (Å²) < 4.78 is 0. The van der Waals surface area contributed by atoms with Gasteiger partial charge in [-0.15, -0.1) is 0 Å². The topological polar surface area (TPSA) is 49.3 Å². The molecule has 15 heavy (non-hydrogen) atoms. The molecule has 0 bridgehead atoms. The standard InChI is InChI=1S/C11H21NO2.Na.H/c13-11(14)8-5-9-12-10-6-3-1-2-4-7-10;;/h10,12H,1-9H2,(H,13,14);;/q;+1;-1. The van der Waals surface area contributed by atoms with E-state index in [9.17, 15) is 4.79 Å². The Balaban J connectivity index is 0. The summed E-state index contributed by atoms with van der Waals surface area (Å²) in [5, 5.41) is 11.9. The second kappa shape index (κ2) is 9.64. The Bertz CT molecular complexity index is 173. The van der Waals surface area contributed by atoms with Crippen molar-refractivity contribution in [1.29, 1.82) is 0 Å². The van der Waals surface area contributed by atoms with Crippen molar-refractivity contribution in [3.05, 3.63) is 0 Å². The molecule has 0 heterocycles. The smallest absolute Gasteiger partial charge is 1.00 e. The fourth-order valence-electron chi connectivity index (χ4n) is 2.03. The van der Waals surface area contributed by atoms with Crippen molar-refractivity contribution in [2.75, 3.05) is 6.54 Å². The van der Waals surface area contributed by atoms with Crippen LogP contribution >= 0.6 is 0 Å². The zero-order chi connectivity index (χ0) is 10.2. The third kappa shape index (κ3) is 8.26. The fraction of sp³-hybridized carbons (Fsp3) is 0.909. The van der Waals surface area contributed by atoms with Gasteiger partial charge in [0.2, 0.25) is 0 Å². The first-order valence-corrected chi connectivity index (χ1v) is 5.74. The van der Waals surface area contributed by atoms with Crippen LogP contribution in [0.1, 0.15) is 52.8 Å². The van der Waals surface area contributed by atoms with E-state index in [2.05, 4.69) is 5.32 Å². The number of carboxylic acids is 1. The summed E-state index contributed by atoms with van der Waals surface area (Å²) in [5.41, 5.74) is 0. The molecule has 3 nitrogen and oxygen atoms in total. The van der Waals surface area contributed by atoms with Crippen molar-refractivity contribution in [3.63, 3.8) is 0 Å². The van der Waals surface area contributed by atoms with Gasteiger partial charge in [-0.05, 0) is 25.8 Å². The zero-order valence-electron chi connectivity index (χ0n) is 10.8. The molecule has 0 aromatic heterocycles. The molecule has 0 spiro atoms. The summed E-state index contributed by atoms with van der Waals surface area (Å²) in [4.78, 5) is 10.3. The van der Waals surface area contributed by atoms with E-state index in [1.807, 2.05) is 0 Å². The van der Waals surface area contributed by atoms with Crippen LogP contribution < -0.4 is 34.9 Å². The Kier molecular flexibility index (Phi) is 9.92. The molecule has 0 aromatic rings. The quantitative estimate of drug-likeness (QED) is 0.367. The molecule has 1 aliphatic carbocycles. The Labute approximate surface area is 116 Å². The average Bonchev–Trinajstić information content (AvgIpc) is 2.40. The first kappa shape index (κ1) is 15.4. The van der Waals surface area contributed by atoms with Crippen LogP contribution in [0.25, 0.3) is 0 Å². The van der Waals surface area contributed by atoms with Gasteiger partial charge in [-0.2, -0.15) is 0 Å². The Morgan fingerprint density at radius 3 is 2.40 bits per heavy atom. The van der Waals surface area contributed by atoms with Crippen LogP contribution in [0.3, 0.4) is 0 Å². The van der Waals surface area contributed by atoms with E-state index < -0.39 is 5.97 Å². The summed E-state index contributed by atoms with van der Waals surface area (Å²) >= 11 is 0. The first-order valence-electron chi connectivity index (χ1n) is 5.74. The molecule has 0 aliphatic heterocycles. The van der Waals surface area contributed by atoms with Gasteiger partial charge in [-0.25, -0.2) is 0 Å². The minimum absolute atomic E-state index is 0. The molecular formula is C11H22NNaO2. The van der Waals surface area contributed by atoms with Crippen LogP contribution in [0.2, 0.25) is 0 Å². The molecule has 0 radical (unpaired) electrons. The summed E-state index contributed by atoms with van der Waals surface area (Å²) in [7, 11) is 0. The second-order valence-electron chi connectivity index (χ2n) is 4.14. The molecule has 4 heteroatoms. The van der Waals surface area contributed by atoms with Crippen molar-refractivity contribution in [1.82, 2.24) is 5.32 Å². The maximum absolute atomic E-state index is 10.3. The number of carbonyl (C=O) groups is 1. The van der Waals surface area contributed by atoms with E-state index in [-0.39, 0.29) is 31.0 Å². The molecule has 1 rings (SSSR count). The molecule has 0 unspecified atom stereocenters. The minimum Gasteiger partial charge on any atom is -1.00 e. The van der Waals surface area contributed by atoms with Crippen molar-refractivity contribution < 1.29 is 40.9 Å². The van der Waals surface area contributed by atoms with Crippen LogP contribution in [0.5, 0.6) is 0 Å². The van der Waals surface area contributed by atoms with E-state index in [1.165, 1.54) is 38.5 Å². The Morgan fingerprint density at radius 2 is 1.87 bits per heavy atom.